The number of aliphatic imine (C=N–C) groups is 1. The summed E-state index contributed by atoms with van der Waals surface area (Å²) in [6, 6.07) is 15.3. The number of benzene rings is 2. The number of amidine groups is 1. The maximum absolute atomic E-state index is 13.1. The Labute approximate surface area is 203 Å². The van der Waals surface area contributed by atoms with Crippen molar-refractivity contribution in [3.63, 3.8) is 0 Å². The molecule has 0 saturated carbocycles. The lowest BCUT2D eigenvalue weighted by molar-refractivity contribution is -0.121. The second-order valence-electron chi connectivity index (χ2n) is 9.03. The molecule has 0 unspecified atom stereocenters. The molecule has 2 aromatic rings. The van der Waals surface area contributed by atoms with Crippen molar-refractivity contribution < 1.29 is 14.4 Å². The molecule has 3 amide bonds. The van der Waals surface area contributed by atoms with E-state index in [0.29, 0.717) is 11.3 Å². The molecule has 176 valence electrons. The molecule has 8 heteroatoms. The van der Waals surface area contributed by atoms with Gasteiger partial charge in [0.1, 0.15) is 5.25 Å². The minimum absolute atomic E-state index is 0.0425. The van der Waals surface area contributed by atoms with Crippen LogP contribution in [0.3, 0.4) is 0 Å². The predicted molar refractivity (Wildman–Crippen MR) is 134 cm³/mol. The highest BCUT2D eigenvalue weighted by molar-refractivity contribution is 8.15. The first-order valence-corrected chi connectivity index (χ1v) is 12.7. The second kappa shape index (κ2) is 9.62. The first-order chi connectivity index (χ1) is 16.5. The topological polar surface area (TPSA) is 82.1 Å². The molecule has 1 aliphatic carbocycles. The molecule has 1 N–H and O–H groups in total. The number of aryl methyl sites for hydroxylation is 1. The van der Waals surface area contributed by atoms with Crippen molar-refractivity contribution in [2.75, 3.05) is 25.5 Å². The van der Waals surface area contributed by atoms with E-state index in [0.717, 1.165) is 43.9 Å². The van der Waals surface area contributed by atoms with Crippen LogP contribution in [0.25, 0.3) is 0 Å². The van der Waals surface area contributed by atoms with Gasteiger partial charge in [0.25, 0.3) is 11.8 Å². The van der Waals surface area contributed by atoms with Gasteiger partial charge < -0.3 is 15.1 Å². The Balaban J connectivity index is 1.16. The van der Waals surface area contributed by atoms with Crippen molar-refractivity contribution in [2.24, 2.45) is 4.99 Å². The van der Waals surface area contributed by atoms with Crippen molar-refractivity contribution >= 4 is 40.3 Å². The van der Waals surface area contributed by atoms with E-state index >= 15 is 0 Å². The van der Waals surface area contributed by atoms with Gasteiger partial charge in [0, 0.05) is 37.8 Å². The summed E-state index contributed by atoms with van der Waals surface area (Å²) in [6.45, 7) is 1.84. The Bertz CT molecular complexity index is 1140. The van der Waals surface area contributed by atoms with Crippen LogP contribution in [-0.2, 0) is 16.0 Å². The monoisotopic (exact) mass is 476 g/mol. The Morgan fingerprint density at radius 3 is 2.62 bits per heavy atom. The number of fused-ring (bicyclic) bond motifs is 1. The third kappa shape index (κ3) is 4.59. The molecule has 34 heavy (non-hydrogen) atoms. The summed E-state index contributed by atoms with van der Waals surface area (Å²) in [6.07, 6.45) is 4.21. The van der Waals surface area contributed by atoms with Gasteiger partial charge in [-0.3, -0.25) is 14.4 Å². The Morgan fingerprint density at radius 1 is 1.12 bits per heavy atom. The zero-order chi connectivity index (χ0) is 23.7. The number of thioether (sulfide) groups is 1. The summed E-state index contributed by atoms with van der Waals surface area (Å²) < 4.78 is 0. The molecule has 0 bridgehead atoms. The number of carbonyl (C=O) groups is 3. The van der Waals surface area contributed by atoms with E-state index in [2.05, 4.69) is 27.3 Å². The molecule has 2 aromatic carbocycles. The molecule has 7 nitrogen and oxygen atoms in total. The van der Waals surface area contributed by atoms with E-state index in [1.807, 2.05) is 19.2 Å². The van der Waals surface area contributed by atoms with Gasteiger partial charge in [-0.25, -0.2) is 0 Å². The average Bonchev–Trinajstić information content (AvgIpc) is 3.59. The lowest BCUT2D eigenvalue weighted by Crippen LogP contribution is -2.30. The van der Waals surface area contributed by atoms with Crippen LogP contribution in [0.4, 0.5) is 5.69 Å². The van der Waals surface area contributed by atoms with Crippen LogP contribution in [-0.4, -0.2) is 58.1 Å². The highest BCUT2D eigenvalue weighted by atomic mass is 32.2. The summed E-state index contributed by atoms with van der Waals surface area (Å²) in [4.78, 5) is 45.9. The smallest absolute Gasteiger partial charge is 0.262 e. The van der Waals surface area contributed by atoms with Crippen LogP contribution in [0.1, 0.15) is 53.2 Å². The Kier molecular flexibility index (Phi) is 6.41. The number of nitrogens with zero attached hydrogens (tertiary/aromatic N) is 3. The van der Waals surface area contributed by atoms with Crippen molar-refractivity contribution in [3.05, 3.63) is 65.2 Å². The highest BCUT2D eigenvalue weighted by Crippen LogP contribution is 2.35. The Morgan fingerprint density at radius 2 is 1.85 bits per heavy atom. The molecule has 1 saturated heterocycles. The van der Waals surface area contributed by atoms with E-state index in [1.165, 1.54) is 22.9 Å². The van der Waals surface area contributed by atoms with E-state index in [9.17, 15) is 14.4 Å². The third-order valence-electron chi connectivity index (χ3n) is 6.78. The summed E-state index contributed by atoms with van der Waals surface area (Å²) in [7, 11) is 1.85. The molecule has 1 fully saturated rings. The molecule has 3 aliphatic rings. The van der Waals surface area contributed by atoms with E-state index in [-0.39, 0.29) is 30.2 Å². The van der Waals surface area contributed by atoms with Gasteiger partial charge in [-0.1, -0.05) is 36.0 Å². The number of amides is 3. The van der Waals surface area contributed by atoms with E-state index < -0.39 is 5.25 Å². The molecular formula is C26H28N4O3S. The highest BCUT2D eigenvalue weighted by Gasteiger charge is 2.34. The molecule has 2 heterocycles. The molecular weight excluding hydrogens is 448 g/mol. The van der Waals surface area contributed by atoms with Crippen LogP contribution in [0, 0.1) is 0 Å². The van der Waals surface area contributed by atoms with Crippen molar-refractivity contribution in [1.29, 1.82) is 0 Å². The Hall–Kier alpha value is -3.13. The number of anilines is 1. The van der Waals surface area contributed by atoms with Crippen molar-refractivity contribution in [2.45, 2.75) is 43.4 Å². The van der Waals surface area contributed by atoms with Gasteiger partial charge in [-0.05, 0) is 61.1 Å². The van der Waals surface area contributed by atoms with Crippen LogP contribution in [0.5, 0.6) is 0 Å². The van der Waals surface area contributed by atoms with Gasteiger partial charge >= 0.3 is 0 Å². The lowest BCUT2D eigenvalue weighted by atomic mass is 10.1. The maximum Gasteiger partial charge on any atom is 0.262 e. The van der Waals surface area contributed by atoms with Gasteiger partial charge in [0.15, 0.2) is 5.17 Å². The SMILES string of the molecule is CN(C(=O)c1ccc(NC(=O)C[C@@H]2SC(N3CCCC3)=NC2=O)cc1)[C@H]1CCc2ccccc21. The van der Waals surface area contributed by atoms with E-state index in [4.69, 9.17) is 0 Å². The number of hydrogen-bond acceptors (Lipinski definition) is 5. The minimum atomic E-state index is -0.473. The average molecular weight is 477 g/mol. The van der Waals surface area contributed by atoms with Crippen LogP contribution in [0.15, 0.2) is 53.5 Å². The normalized spacial score (nSPS) is 21.4. The van der Waals surface area contributed by atoms with E-state index in [1.54, 1.807) is 29.2 Å². The van der Waals surface area contributed by atoms with Crippen LogP contribution < -0.4 is 5.32 Å². The zero-order valence-corrected chi connectivity index (χ0v) is 20.0. The number of carbonyl (C=O) groups excluding carboxylic acids is 3. The third-order valence-corrected chi connectivity index (χ3v) is 7.99. The summed E-state index contributed by atoms with van der Waals surface area (Å²) in [5, 5.41) is 3.12. The quantitative estimate of drug-likeness (QED) is 0.709. The van der Waals surface area contributed by atoms with Gasteiger partial charge in [0.2, 0.25) is 5.91 Å². The standard InChI is InChI=1S/C26H28N4O3S/c1-29(21-13-10-17-6-2-3-7-20(17)21)25(33)18-8-11-19(12-9-18)27-23(31)16-22-24(32)28-26(34-22)30-14-4-5-15-30/h2-3,6-9,11-12,21-22H,4-5,10,13-16H2,1H3,(H,27,31)/t21-,22-/m0/s1. The second-order valence-corrected chi connectivity index (χ2v) is 10.2. The summed E-state index contributed by atoms with van der Waals surface area (Å²) in [5.41, 5.74) is 3.71. The number of nitrogens with one attached hydrogen (secondary N) is 1. The molecule has 0 aromatic heterocycles. The zero-order valence-electron chi connectivity index (χ0n) is 19.2. The number of hydrogen-bond donors (Lipinski definition) is 1. The number of rotatable bonds is 5. The fourth-order valence-electron chi connectivity index (χ4n) is 4.91. The molecule has 2 atom stereocenters. The number of likely N-dealkylation sites (tertiary alicyclic amines) is 1. The summed E-state index contributed by atoms with van der Waals surface area (Å²) >= 11 is 1.39. The van der Waals surface area contributed by atoms with Gasteiger partial charge in [-0.2, -0.15) is 4.99 Å². The maximum atomic E-state index is 13.1. The van der Waals surface area contributed by atoms with Crippen molar-refractivity contribution in [3.8, 4) is 0 Å². The first kappa shape index (κ1) is 22.7. The molecule has 2 aliphatic heterocycles. The largest absolute Gasteiger partial charge is 0.351 e. The molecule has 0 spiro atoms. The fourth-order valence-corrected chi connectivity index (χ4v) is 6.03. The molecule has 0 radical (unpaired) electrons. The fraction of sp³-hybridized carbons (Fsp3) is 0.385. The van der Waals surface area contributed by atoms with Gasteiger partial charge in [0.05, 0.1) is 6.04 Å². The van der Waals surface area contributed by atoms with Crippen molar-refractivity contribution in [1.82, 2.24) is 9.80 Å². The first-order valence-electron chi connectivity index (χ1n) is 11.8. The lowest BCUT2D eigenvalue weighted by Gasteiger charge is -2.25. The minimum Gasteiger partial charge on any atom is -0.351 e. The van der Waals surface area contributed by atoms with Crippen LogP contribution in [0.2, 0.25) is 0 Å². The predicted octanol–water partition coefficient (Wildman–Crippen LogP) is 3.87. The summed E-state index contributed by atoms with van der Waals surface area (Å²) in [5.74, 6) is -0.513. The molecule has 5 rings (SSSR count). The van der Waals surface area contributed by atoms with Crippen LogP contribution >= 0.6 is 11.8 Å². The van der Waals surface area contributed by atoms with Gasteiger partial charge in [-0.15, -0.1) is 0 Å².